The molecule has 114 valence electrons. The number of carboxylic acid groups (broad SMARTS) is 1. The maximum absolute atomic E-state index is 11.0. The third kappa shape index (κ3) is 2.61. The molecule has 2 aliphatic heterocycles. The predicted octanol–water partition coefficient (Wildman–Crippen LogP) is 3.53. The summed E-state index contributed by atoms with van der Waals surface area (Å²) in [7, 11) is 0. The van der Waals surface area contributed by atoms with Crippen molar-refractivity contribution in [3.8, 4) is 0 Å². The third-order valence-electron chi connectivity index (χ3n) is 6.03. The fourth-order valence-electron chi connectivity index (χ4n) is 5.54. The van der Waals surface area contributed by atoms with Gasteiger partial charge in [0, 0.05) is 24.5 Å². The van der Waals surface area contributed by atoms with Crippen LogP contribution in [0.2, 0.25) is 0 Å². The van der Waals surface area contributed by atoms with Crippen LogP contribution in [0.5, 0.6) is 0 Å². The lowest BCUT2D eigenvalue weighted by Gasteiger charge is -2.44. The number of hydrogen-bond donors (Lipinski definition) is 1. The van der Waals surface area contributed by atoms with Crippen LogP contribution in [0.1, 0.15) is 65.7 Å². The van der Waals surface area contributed by atoms with Crippen molar-refractivity contribution in [2.24, 2.45) is 17.3 Å². The van der Waals surface area contributed by atoms with Gasteiger partial charge in [-0.1, -0.05) is 20.8 Å². The van der Waals surface area contributed by atoms with E-state index in [0.717, 1.165) is 24.8 Å². The van der Waals surface area contributed by atoms with Crippen molar-refractivity contribution in [1.29, 1.82) is 0 Å². The molecule has 2 heterocycles. The van der Waals surface area contributed by atoms with Crippen LogP contribution in [0.25, 0.3) is 0 Å². The molecule has 3 aliphatic rings. The first-order valence-corrected chi connectivity index (χ1v) is 8.35. The Morgan fingerprint density at radius 3 is 2.25 bits per heavy atom. The highest BCUT2D eigenvalue weighted by atomic mass is 16.4. The van der Waals surface area contributed by atoms with Crippen molar-refractivity contribution in [3.63, 3.8) is 0 Å². The monoisotopic (exact) mass is 279 g/mol. The maximum atomic E-state index is 11.0. The number of rotatable bonds is 3. The van der Waals surface area contributed by atoms with Crippen molar-refractivity contribution in [2.45, 2.75) is 83.8 Å². The van der Waals surface area contributed by atoms with Crippen molar-refractivity contribution in [3.05, 3.63) is 0 Å². The second kappa shape index (κ2) is 5.01. The van der Waals surface area contributed by atoms with Crippen LogP contribution in [0.4, 0.5) is 0 Å². The van der Waals surface area contributed by atoms with Crippen LogP contribution in [-0.4, -0.2) is 34.1 Å². The van der Waals surface area contributed by atoms with Crippen molar-refractivity contribution in [1.82, 2.24) is 4.90 Å². The van der Waals surface area contributed by atoms with Gasteiger partial charge in [-0.2, -0.15) is 0 Å². The summed E-state index contributed by atoms with van der Waals surface area (Å²) in [5.41, 5.74) is 0.488. The highest BCUT2D eigenvalue weighted by Gasteiger charge is 2.49. The molecule has 0 aromatic carbocycles. The molecule has 4 unspecified atom stereocenters. The van der Waals surface area contributed by atoms with Gasteiger partial charge in [-0.05, 0) is 55.8 Å². The van der Waals surface area contributed by atoms with Gasteiger partial charge in [0.2, 0.25) is 0 Å². The molecule has 1 N–H and O–H groups in total. The molecule has 2 saturated heterocycles. The van der Waals surface area contributed by atoms with E-state index in [2.05, 4.69) is 25.7 Å². The molecule has 0 amide bonds. The van der Waals surface area contributed by atoms with Gasteiger partial charge in [0.1, 0.15) is 0 Å². The molecule has 1 saturated carbocycles. The number of piperidine rings is 1. The van der Waals surface area contributed by atoms with E-state index >= 15 is 0 Å². The first-order chi connectivity index (χ1) is 9.35. The standard InChI is InChI=1S/C17H29NO2/c1-11-9-17(2,3)10-15(11)18-13-4-5-14(18)7-12(6-13)8-16(19)20/h11-15H,4-10H2,1-3H3,(H,19,20). The summed E-state index contributed by atoms with van der Waals surface area (Å²) in [6.07, 6.45) is 7.87. The first-order valence-electron chi connectivity index (χ1n) is 8.35. The number of carboxylic acids is 1. The van der Waals surface area contributed by atoms with E-state index < -0.39 is 5.97 Å². The van der Waals surface area contributed by atoms with Crippen molar-refractivity contribution < 1.29 is 9.90 Å². The van der Waals surface area contributed by atoms with Crippen LogP contribution in [0.3, 0.4) is 0 Å². The average Bonchev–Trinajstić information content (AvgIpc) is 2.71. The fourth-order valence-corrected chi connectivity index (χ4v) is 5.54. The summed E-state index contributed by atoms with van der Waals surface area (Å²) < 4.78 is 0. The smallest absolute Gasteiger partial charge is 0.303 e. The average molecular weight is 279 g/mol. The molecule has 3 fully saturated rings. The largest absolute Gasteiger partial charge is 0.481 e. The SMILES string of the molecule is CC1CC(C)(C)CC1N1C2CCC1CC(CC(=O)O)C2. The summed E-state index contributed by atoms with van der Waals surface area (Å²) in [6, 6.07) is 2.08. The summed E-state index contributed by atoms with van der Waals surface area (Å²) >= 11 is 0. The van der Waals surface area contributed by atoms with Gasteiger partial charge in [-0.15, -0.1) is 0 Å². The number of aliphatic carboxylic acids is 1. The summed E-state index contributed by atoms with van der Waals surface area (Å²) in [4.78, 5) is 13.8. The molecule has 4 atom stereocenters. The first kappa shape index (κ1) is 14.4. The molecule has 2 bridgehead atoms. The molecular weight excluding hydrogens is 250 g/mol. The maximum Gasteiger partial charge on any atom is 0.303 e. The van der Waals surface area contributed by atoms with Gasteiger partial charge in [0.15, 0.2) is 0 Å². The predicted molar refractivity (Wildman–Crippen MR) is 79.6 cm³/mol. The molecular formula is C17H29NO2. The summed E-state index contributed by atoms with van der Waals surface area (Å²) in [5.74, 6) is 0.605. The molecule has 1 aliphatic carbocycles. The minimum atomic E-state index is -0.613. The fraction of sp³-hybridized carbons (Fsp3) is 0.941. The number of nitrogens with zero attached hydrogens (tertiary/aromatic N) is 1. The summed E-state index contributed by atoms with van der Waals surface area (Å²) in [6.45, 7) is 7.23. The van der Waals surface area contributed by atoms with Crippen LogP contribution in [0, 0.1) is 17.3 Å². The van der Waals surface area contributed by atoms with Crippen molar-refractivity contribution in [2.75, 3.05) is 0 Å². The highest BCUT2D eigenvalue weighted by Crippen LogP contribution is 2.49. The van der Waals surface area contributed by atoms with Gasteiger partial charge in [-0.3, -0.25) is 9.69 Å². The van der Waals surface area contributed by atoms with E-state index in [1.54, 1.807) is 0 Å². The van der Waals surface area contributed by atoms with E-state index in [4.69, 9.17) is 5.11 Å². The minimum absolute atomic E-state index is 0.382. The lowest BCUT2D eigenvalue weighted by Crippen LogP contribution is -2.50. The van der Waals surface area contributed by atoms with E-state index in [9.17, 15) is 4.79 Å². The molecule has 3 heteroatoms. The van der Waals surface area contributed by atoms with Crippen LogP contribution in [-0.2, 0) is 4.79 Å². The lowest BCUT2D eigenvalue weighted by molar-refractivity contribution is -0.138. The van der Waals surface area contributed by atoms with Gasteiger partial charge in [0.05, 0.1) is 0 Å². The molecule has 3 nitrogen and oxygen atoms in total. The zero-order valence-corrected chi connectivity index (χ0v) is 13.1. The quantitative estimate of drug-likeness (QED) is 0.859. The Labute approximate surface area is 122 Å². The highest BCUT2D eigenvalue weighted by molar-refractivity contribution is 5.67. The second-order valence-corrected chi connectivity index (χ2v) is 8.38. The van der Waals surface area contributed by atoms with E-state index in [1.807, 2.05) is 0 Å². The Morgan fingerprint density at radius 2 is 1.80 bits per heavy atom. The van der Waals surface area contributed by atoms with Gasteiger partial charge < -0.3 is 5.11 Å². The Balaban J connectivity index is 1.70. The number of fused-ring (bicyclic) bond motifs is 2. The molecule has 0 spiro atoms. The molecule has 3 rings (SSSR count). The molecule has 0 radical (unpaired) electrons. The Kier molecular flexibility index (Phi) is 3.60. The van der Waals surface area contributed by atoms with Gasteiger partial charge >= 0.3 is 5.97 Å². The normalized spacial score (nSPS) is 43.9. The van der Waals surface area contributed by atoms with Gasteiger partial charge in [-0.25, -0.2) is 0 Å². The lowest BCUT2D eigenvalue weighted by atomic mass is 9.86. The van der Waals surface area contributed by atoms with Gasteiger partial charge in [0.25, 0.3) is 0 Å². The van der Waals surface area contributed by atoms with Crippen LogP contribution in [0.15, 0.2) is 0 Å². The zero-order chi connectivity index (χ0) is 14.5. The molecule has 20 heavy (non-hydrogen) atoms. The third-order valence-corrected chi connectivity index (χ3v) is 6.03. The second-order valence-electron chi connectivity index (χ2n) is 8.38. The minimum Gasteiger partial charge on any atom is -0.481 e. The molecule has 0 aromatic heterocycles. The number of carbonyl (C=O) groups is 1. The Morgan fingerprint density at radius 1 is 1.20 bits per heavy atom. The van der Waals surface area contributed by atoms with Crippen LogP contribution >= 0.6 is 0 Å². The number of hydrogen-bond acceptors (Lipinski definition) is 2. The Hall–Kier alpha value is -0.570. The molecule has 0 aromatic rings. The van der Waals surface area contributed by atoms with Crippen molar-refractivity contribution >= 4 is 5.97 Å². The van der Waals surface area contributed by atoms with E-state index in [1.165, 1.54) is 25.7 Å². The Bertz CT molecular complexity index is 378. The van der Waals surface area contributed by atoms with Crippen LogP contribution < -0.4 is 0 Å². The topological polar surface area (TPSA) is 40.5 Å². The summed E-state index contributed by atoms with van der Waals surface area (Å²) in [5, 5.41) is 9.03. The zero-order valence-electron chi connectivity index (χ0n) is 13.1. The van der Waals surface area contributed by atoms with E-state index in [0.29, 0.717) is 29.8 Å². The van der Waals surface area contributed by atoms with E-state index in [-0.39, 0.29) is 0 Å².